The first-order chi connectivity index (χ1) is 17.2. The van der Waals surface area contributed by atoms with Crippen LogP contribution in [0.15, 0.2) is 48.5 Å². The number of rotatable bonds is 3. The Hall–Kier alpha value is -3.49. The zero-order valence-electron chi connectivity index (χ0n) is 21.5. The van der Waals surface area contributed by atoms with E-state index in [4.69, 9.17) is 4.98 Å². The third kappa shape index (κ3) is 4.31. The van der Waals surface area contributed by atoms with Crippen molar-refractivity contribution >= 4 is 33.1 Å². The molecule has 1 amide bonds. The van der Waals surface area contributed by atoms with Crippen LogP contribution in [0, 0.1) is 36.5 Å². The van der Waals surface area contributed by atoms with E-state index in [9.17, 15) is 10.1 Å². The Labute approximate surface area is 217 Å². The zero-order chi connectivity index (χ0) is 25.6. The molecule has 0 bridgehead atoms. The normalized spacial score (nSPS) is 15.4. The molecule has 182 valence electrons. The maximum atomic E-state index is 13.8. The van der Waals surface area contributed by atoms with Crippen molar-refractivity contribution in [2.24, 2.45) is 11.3 Å². The smallest absolute Gasteiger partial charge is 0.257 e. The number of aromatic nitrogens is 1. The molecule has 0 aliphatic heterocycles. The van der Waals surface area contributed by atoms with Gasteiger partial charge in [-0.1, -0.05) is 68.8 Å². The number of amides is 1. The molecule has 2 aromatic carbocycles. The molecule has 1 atom stereocenters. The molecular weight excluding hydrogens is 462 g/mol. The fourth-order valence-electron chi connectivity index (χ4n) is 5.29. The van der Waals surface area contributed by atoms with Gasteiger partial charge >= 0.3 is 0 Å². The number of fused-ring (bicyclic) bond motifs is 2. The minimum atomic E-state index is -0.193. The lowest BCUT2D eigenvalue weighted by Gasteiger charge is -2.33. The molecule has 0 spiro atoms. The van der Waals surface area contributed by atoms with Crippen LogP contribution in [-0.2, 0) is 12.8 Å². The number of anilines is 1. The standard InChI is InChI=1S/C31H31N3OS/c1-18-10-12-20(13-11-18)28-19(2)27(23-8-6-7-9-25(23)33-28)29(35)34-30-24(17-32)22-15-14-21(31(3,4)5)16-26(22)36-30/h6-13,21H,14-16H2,1-5H3,(H,34,35). The highest BCUT2D eigenvalue weighted by atomic mass is 32.1. The maximum Gasteiger partial charge on any atom is 0.257 e. The van der Waals surface area contributed by atoms with Crippen LogP contribution in [0.25, 0.3) is 22.2 Å². The van der Waals surface area contributed by atoms with Crippen molar-refractivity contribution in [1.29, 1.82) is 5.26 Å². The van der Waals surface area contributed by atoms with Crippen LogP contribution in [-0.4, -0.2) is 10.9 Å². The quantitative estimate of drug-likeness (QED) is 0.316. The average Bonchev–Trinajstić information content (AvgIpc) is 3.19. The summed E-state index contributed by atoms with van der Waals surface area (Å²) in [4.78, 5) is 20.0. The minimum absolute atomic E-state index is 0.193. The molecule has 1 N–H and O–H groups in total. The Morgan fingerprint density at radius 1 is 1.11 bits per heavy atom. The second kappa shape index (κ2) is 9.19. The van der Waals surface area contributed by atoms with Crippen LogP contribution in [0.4, 0.5) is 5.00 Å². The Bertz CT molecular complexity index is 1520. The maximum absolute atomic E-state index is 13.8. The van der Waals surface area contributed by atoms with Gasteiger partial charge in [0, 0.05) is 15.8 Å². The Morgan fingerprint density at radius 3 is 2.53 bits per heavy atom. The molecular formula is C31H31N3OS. The summed E-state index contributed by atoms with van der Waals surface area (Å²) in [5.41, 5.74) is 7.16. The van der Waals surface area contributed by atoms with E-state index in [1.54, 1.807) is 11.3 Å². The van der Waals surface area contributed by atoms with Gasteiger partial charge in [-0.05, 0) is 61.6 Å². The van der Waals surface area contributed by atoms with Crippen LogP contribution in [0.2, 0.25) is 0 Å². The lowest BCUT2D eigenvalue weighted by molar-refractivity contribution is 0.102. The van der Waals surface area contributed by atoms with Gasteiger partial charge in [0.1, 0.15) is 11.1 Å². The zero-order valence-corrected chi connectivity index (χ0v) is 22.3. The third-order valence-corrected chi connectivity index (χ3v) is 8.69. The van der Waals surface area contributed by atoms with E-state index < -0.39 is 0 Å². The second-order valence-corrected chi connectivity index (χ2v) is 12.0. The van der Waals surface area contributed by atoms with E-state index in [0.29, 0.717) is 22.0 Å². The van der Waals surface area contributed by atoms with E-state index in [-0.39, 0.29) is 11.3 Å². The summed E-state index contributed by atoms with van der Waals surface area (Å²) in [6, 6.07) is 18.4. The highest BCUT2D eigenvalue weighted by molar-refractivity contribution is 7.16. The number of hydrogen-bond donors (Lipinski definition) is 1. The number of hydrogen-bond acceptors (Lipinski definition) is 4. The van der Waals surface area contributed by atoms with E-state index in [1.165, 1.54) is 10.4 Å². The third-order valence-electron chi connectivity index (χ3n) is 7.52. The first-order valence-corrected chi connectivity index (χ1v) is 13.3. The Balaban J connectivity index is 1.57. The summed E-state index contributed by atoms with van der Waals surface area (Å²) < 4.78 is 0. The highest BCUT2D eigenvalue weighted by Crippen LogP contribution is 2.44. The fraction of sp³-hybridized carbons (Fsp3) is 0.323. The highest BCUT2D eigenvalue weighted by Gasteiger charge is 2.32. The van der Waals surface area contributed by atoms with E-state index >= 15 is 0 Å². The van der Waals surface area contributed by atoms with Crippen LogP contribution in [0.3, 0.4) is 0 Å². The number of aryl methyl sites for hydroxylation is 1. The van der Waals surface area contributed by atoms with Gasteiger partial charge in [-0.3, -0.25) is 4.79 Å². The van der Waals surface area contributed by atoms with Crippen molar-refractivity contribution in [3.05, 3.63) is 81.2 Å². The molecule has 4 nitrogen and oxygen atoms in total. The topological polar surface area (TPSA) is 65.8 Å². The number of pyridine rings is 1. The molecule has 4 aromatic rings. The molecule has 1 unspecified atom stereocenters. The van der Waals surface area contributed by atoms with Crippen molar-refractivity contribution < 1.29 is 4.79 Å². The van der Waals surface area contributed by atoms with Gasteiger partial charge < -0.3 is 5.32 Å². The molecule has 5 heteroatoms. The number of carbonyl (C=O) groups is 1. The van der Waals surface area contributed by atoms with Gasteiger partial charge in [-0.2, -0.15) is 5.26 Å². The Morgan fingerprint density at radius 2 is 1.83 bits per heavy atom. The van der Waals surface area contributed by atoms with Gasteiger partial charge in [-0.25, -0.2) is 4.98 Å². The predicted molar refractivity (Wildman–Crippen MR) is 149 cm³/mol. The summed E-state index contributed by atoms with van der Waals surface area (Å²) in [7, 11) is 0. The van der Waals surface area contributed by atoms with Crippen molar-refractivity contribution in [3.63, 3.8) is 0 Å². The number of para-hydroxylation sites is 1. The van der Waals surface area contributed by atoms with Gasteiger partial charge in [0.2, 0.25) is 0 Å². The van der Waals surface area contributed by atoms with E-state index in [2.05, 4.69) is 51.2 Å². The van der Waals surface area contributed by atoms with Gasteiger partial charge in [-0.15, -0.1) is 11.3 Å². The number of carbonyl (C=O) groups excluding carboxylic acids is 1. The molecule has 0 saturated heterocycles. The number of nitrogens with one attached hydrogen (secondary N) is 1. The Kier molecular flexibility index (Phi) is 6.18. The first-order valence-electron chi connectivity index (χ1n) is 12.5. The van der Waals surface area contributed by atoms with Gasteiger partial charge in [0.05, 0.1) is 22.3 Å². The predicted octanol–water partition coefficient (Wildman–Crippen LogP) is 7.86. The molecule has 1 aliphatic rings. The van der Waals surface area contributed by atoms with Crippen molar-refractivity contribution in [3.8, 4) is 17.3 Å². The molecule has 36 heavy (non-hydrogen) atoms. The van der Waals surface area contributed by atoms with E-state index in [1.807, 2.05) is 43.3 Å². The monoisotopic (exact) mass is 493 g/mol. The van der Waals surface area contributed by atoms with Gasteiger partial charge in [0.15, 0.2) is 0 Å². The van der Waals surface area contributed by atoms with E-state index in [0.717, 1.165) is 52.5 Å². The molecule has 5 rings (SSSR count). The fourth-order valence-corrected chi connectivity index (χ4v) is 6.56. The number of benzene rings is 2. The molecule has 1 aliphatic carbocycles. The summed E-state index contributed by atoms with van der Waals surface area (Å²) >= 11 is 1.57. The first kappa shape index (κ1) is 24.2. The molecule has 2 heterocycles. The van der Waals surface area contributed by atoms with Crippen LogP contribution < -0.4 is 5.32 Å². The van der Waals surface area contributed by atoms with Crippen LogP contribution in [0.5, 0.6) is 0 Å². The lowest BCUT2D eigenvalue weighted by atomic mass is 9.72. The summed E-state index contributed by atoms with van der Waals surface area (Å²) in [6.45, 7) is 10.9. The SMILES string of the molecule is Cc1ccc(-c2nc3ccccc3c(C(=O)Nc3sc4c(c3C#N)CCC(C(C)(C)C)C4)c2C)cc1. The lowest BCUT2D eigenvalue weighted by Crippen LogP contribution is -2.26. The summed E-state index contributed by atoms with van der Waals surface area (Å²) in [6.07, 6.45) is 2.92. The van der Waals surface area contributed by atoms with Crippen LogP contribution in [0.1, 0.15) is 64.7 Å². The summed E-state index contributed by atoms with van der Waals surface area (Å²) in [5.74, 6) is 0.379. The van der Waals surface area contributed by atoms with Crippen LogP contribution >= 0.6 is 11.3 Å². The molecule has 2 aromatic heterocycles. The van der Waals surface area contributed by atoms with Crippen molar-refractivity contribution in [1.82, 2.24) is 4.98 Å². The van der Waals surface area contributed by atoms with Gasteiger partial charge in [0.25, 0.3) is 5.91 Å². The summed E-state index contributed by atoms with van der Waals surface area (Å²) in [5, 5.41) is 14.6. The molecule has 0 saturated carbocycles. The average molecular weight is 494 g/mol. The molecule has 0 radical (unpaired) electrons. The van der Waals surface area contributed by atoms with Crippen molar-refractivity contribution in [2.75, 3.05) is 5.32 Å². The minimum Gasteiger partial charge on any atom is -0.312 e. The van der Waals surface area contributed by atoms with Crippen molar-refractivity contribution in [2.45, 2.75) is 53.9 Å². The largest absolute Gasteiger partial charge is 0.312 e. The second-order valence-electron chi connectivity index (χ2n) is 10.9. The molecule has 0 fully saturated rings. The number of nitrogens with zero attached hydrogens (tertiary/aromatic N) is 2. The number of thiophene rings is 1. The number of nitriles is 1.